The summed E-state index contributed by atoms with van der Waals surface area (Å²) in [6.45, 7) is 3.74. The molecule has 0 saturated carbocycles. The molecule has 3 rings (SSSR count). The van der Waals surface area contributed by atoms with Gasteiger partial charge in [-0.3, -0.25) is 10.1 Å². The third kappa shape index (κ3) is 4.60. The van der Waals surface area contributed by atoms with Crippen LogP contribution in [0.2, 0.25) is 5.02 Å². The number of hydrogen-bond donors (Lipinski definition) is 2. The molecular weight excluding hydrogens is 423 g/mol. The molecule has 3 aromatic rings. The van der Waals surface area contributed by atoms with Crippen LogP contribution in [0, 0.1) is 24.0 Å². The van der Waals surface area contributed by atoms with E-state index < -0.39 is 27.4 Å². The van der Waals surface area contributed by atoms with Crippen molar-refractivity contribution in [1.29, 1.82) is 0 Å². The van der Waals surface area contributed by atoms with Gasteiger partial charge < -0.3 is 10.6 Å². The third-order valence-electron chi connectivity index (χ3n) is 4.17. The molecule has 0 bridgehead atoms. The molecule has 0 spiro atoms. The first-order chi connectivity index (χ1) is 14.1. The van der Waals surface area contributed by atoms with Gasteiger partial charge in [0.05, 0.1) is 15.5 Å². The summed E-state index contributed by atoms with van der Waals surface area (Å²) in [5.74, 6) is -0.368. The molecule has 0 saturated heterocycles. The Morgan fingerprint density at radius 1 is 1.03 bits per heavy atom. The van der Waals surface area contributed by atoms with E-state index in [1.807, 2.05) is 26.0 Å². The molecule has 7 nitrogen and oxygen atoms in total. The summed E-state index contributed by atoms with van der Waals surface area (Å²) in [5.41, 5.74) is 0.802. The van der Waals surface area contributed by atoms with Crippen LogP contribution < -0.4 is 10.6 Å². The monoisotopic (exact) mass is 437 g/mol. The SMILES string of the molecule is Cc1ccc(Nc2ncnc(Nc3ccc(Cl)c(C(F)(F)F)c3)c2[N+](=O)[O-])c(C)c1. The highest BCUT2D eigenvalue weighted by Gasteiger charge is 2.33. The van der Waals surface area contributed by atoms with Crippen LogP contribution in [-0.4, -0.2) is 14.9 Å². The zero-order valence-electron chi connectivity index (χ0n) is 15.7. The van der Waals surface area contributed by atoms with Gasteiger partial charge in [-0.2, -0.15) is 13.2 Å². The lowest BCUT2D eigenvalue weighted by Crippen LogP contribution is -2.08. The number of halogens is 4. The van der Waals surface area contributed by atoms with Crippen LogP contribution in [0.5, 0.6) is 0 Å². The minimum absolute atomic E-state index is 0.0639. The predicted octanol–water partition coefficient (Wildman–Crippen LogP) is 6.16. The van der Waals surface area contributed by atoms with Crippen LogP contribution in [0.4, 0.5) is 41.9 Å². The summed E-state index contributed by atoms with van der Waals surface area (Å²) in [4.78, 5) is 18.7. The van der Waals surface area contributed by atoms with Gasteiger partial charge in [0, 0.05) is 11.4 Å². The van der Waals surface area contributed by atoms with Crippen LogP contribution in [0.3, 0.4) is 0 Å². The Morgan fingerprint density at radius 2 is 1.70 bits per heavy atom. The molecule has 1 heterocycles. The van der Waals surface area contributed by atoms with E-state index in [0.29, 0.717) is 5.69 Å². The van der Waals surface area contributed by atoms with Crippen molar-refractivity contribution >= 4 is 40.3 Å². The molecule has 30 heavy (non-hydrogen) atoms. The summed E-state index contributed by atoms with van der Waals surface area (Å²) in [5, 5.41) is 16.6. The fourth-order valence-electron chi connectivity index (χ4n) is 2.77. The summed E-state index contributed by atoms with van der Waals surface area (Å²) >= 11 is 5.62. The Kier molecular flexibility index (Phi) is 5.79. The van der Waals surface area contributed by atoms with Crippen molar-refractivity contribution in [3.05, 3.63) is 74.6 Å². The van der Waals surface area contributed by atoms with Crippen molar-refractivity contribution in [2.45, 2.75) is 20.0 Å². The molecule has 0 atom stereocenters. The average molecular weight is 438 g/mol. The molecule has 11 heteroatoms. The first-order valence-electron chi connectivity index (χ1n) is 8.53. The van der Waals surface area contributed by atoms with E-state index in [0.717, 1.165) is 29.6 Å². The molecule has 2 aromatic carbocycles. The summed E-state index contributed by atoms with van der Waals surface area (Å²) < 4.78 is 39.3. The number of nitrogens with zero attached hydrogens (tertiary/aromatic N) is 3. The van der Waals surface area contributed by atoms with Crippen LogP contribution in [0.25, 0.3) is 0 Å². The number of hydrogen-bond acceptors (Lipinski definition) is 6. The second kappa shape index (κ2) is 8.15. The normalized spacial score (nSPS) is 11.3. The van der Waals surface area contributed by atoms with E-state index in [-0.39, 0.29) is 17.3 Å². The average Bonchev–Trinajstić information content (AvgIpc) is 2.64. The molecular formula is C19H15ClF3N5O2. The maximum absolute atomic E-state index is 13.1. The highest BCUT2D eigenvalue weighted by molar-refractivity contribution is 6.31. The molecule has 0 aliphatic carbocycles. The van der Waals surface area contributed by atoms with Gasteiger partial charge in [-0.05, 0) is 43.7 Å². The number of alkyl halides is 3. The van der Waals surface area contributed by atoms with Crippen LogP contribution in [-0.2, 0) is 6.18 Å². The predicted molar refractivity (Wildman–Crippen MR) is 108 cm³/mol. The summed E-state index contributed by atoms with van der Waals surface area (Å²) in [6, 6.07) is 8.54. The molecule has 1 aromatic heterocycles. The first-order valence-corrected chi connectivity index (χ1v) is 8.91. The maximum Gasteiger partial charge on any atom is 0.417 e. The second-order valence-corrected chi connectivity index (χ2v) is 6.84. The van der Waals surface area contributed by atoms with E-state index in [1.165, 1.54) is 6.07 Å². The van der Waals surface area contributed by atoms with E-state index in [4.69, 9.17) is 11.6 Å². The summed E-state index contributed by atoms with van der Waals surface area (Å²) in [6.07, 6.45) is -3.61. The van der Waals surface area contributed by atoms with Gasteiger partial charge in [-0.25, -0.2) is 9.97 Å². The van der Waals surface area contributed by atoms with Crippen molar-refractivity contribution in [2.24, 2.45) is 0 Å². The molecule has 156 valence electrons. The van der Waals surface area contributed by atoms with Crippen molar-refractivity contribution in [2.75, 3.05) is 10.6 Å². The Balaban J connectivity index is 2.00. The number of aryl methyl sites for hydroxylation is 2. The highest BCUT2D eigenvalue weighted by Crippen LogP contribution is 2.38. The van der Waals surface area contributed by atoms with Gasteiger partial charge in [0.25, 0.3) is 0 Å². The smallest absolute Gasteiger partial charge is 0.334 e. The minimum atomic E-state index is -4.68. The molecule has 0 radical (unpaired) electrons. The summed E-state index contributed by atoms with van der Waals surface area (Å²) in [7, 11) is 0. The third-order valence-corrected chi connectivity index (χ3v) is 4.50. The fourth-order valence-corrected chi connectivity index (χ4v) is 3.00. The number of benzene rings is 2. The highest BCUT2D eigenvalue weighted by atomic mass is 35.5. The molecule has 2 N–H and O–H groups in total. The molecule has 0 aliphatic rings. The lowest BCUT2D eigenvalue weighted by Gasteiger charge is -2.14. The Hall–Kier alpha value is -3.40. The van der Waals surface area contributed by atoms with E-state index in [2.05, 4.69) is 20.6 Å². The second-order valence-electron chi connectivity index (χ2n) is 6.44. The number of nitro groups is 1. The number of nitrogens with one attached hydrogen (secondary N) is 2. The van der Waals surface area contributed by atoms with E-state index in [1.54, 1.807) is 6.07 Å². The fraction of sp³-hybridized carbons (Fsp3) is 0.158. The van der Waals surface area contributed by atoms with Crippen LogP contribution in [0.1, 0.15) is 16.7 Å². The zero-order chi connectivity index (χ0) is 22.1. The van der Waals surface area contributed by atoms with Gasteiger partial charge in [-0.1, -0.05) is 29.3 Å². The molecule has 0 fully saturated rings. The topological polar surface area (TPSA) is 93.0 Å². The number of anilines is 4. The lowest BCUT2D eigenvalue weighted by atomic mass is 10.1. The molecule has 0 aliphatic heterocycles. The molecule has 0 amide bonds. The Morgan fingerprint density at radius 3 is 2.30 bits per heavy atom. The van der Waals surface area contributed by atoms with E-state index in [9.17, 15) is 23.3 Å². The largest absolute Gasteiger partial charge is 0.417 e. The number of aromatic nitrogens is 2. The number of rotatable bonds is 5. The first kappa shape index (κ1) is 21.3. The van der Waals surface area contributed by atoms with Gasteiger partial charge in [0.1, 0.15) is 6.33 Å². The van der Waals surface area contributed by atoms with Crippen molar-refractivity contribution in [1.82, 2.24) is 9.97 Å². The van der Waals surface area contributed by atoms with Crippen LogP contribution in [0.15, 0.2) is 42.7 Å². The van der Waals surface area contributed by atoms with Crippen molar-refractivity contribution in [3.63, 3.8) is 0 Å². The lowest BCUT2D eigenvalue weighted by molar-refractivity contribution is -0.383. The standard InChI is InChI=1S/C19H15ClF3N5O2/c1-10-3-6-15(11(2)7-10)27-18-16(28(29)30)17(24-9-25-18)26-12-4-5-14(20)13(8-12)19(21,22)23/h3-9H,1-2H3,(H2,24,25,26,27). The Labute approximate surface area is 174 Å². The van der Waals surface area contributed by atoms with Crippen molar-refractivity contribution < 1.29 is 18.1 Å². The van der Waals surface area contributed by atoms with Gasteiger partial charge in [0.2, 0.25) is 11.6 Å². The van der Waals surface area contributed by atoms with Gasteiger partial charge in [-0.15, -0.1) is 0 Å². The van der Waals surface area contributed by atoms with E-state index >= 15 is 0 Å². The maximum atomic E-state index is 13.1. The zero-order valence-corrected chi connectivity index (χ0v) is 16.5. The molecule has 0 unspecified atom stereocenters. The van der Waals surface area contributed by atoms with Crippen molar-refractivity contribution in [3.8, 4) is 0 Å². The van der Waals surface area contributed by atoms with Gasteiger partial charge in [0.15, 0.2) is 0 Å². The quantitative estimate of drug-likeness (QED) is 0.366. The van der Waals surface area contributed by atoms with Gasteiger partial charge >= 0.3 is 11.9 Å². The Bertz CT molecular complexity index is 1120. The minimum Gasteiger partial charge on any atom is -0.334 e. The van der Waals surface area contributed by atoms with Crippen LogP contribution >= 0.6 is 11.6 Å².